The van der Waals surface area contributed by atoms with E-state index >= 15 is 0 Å². The molecule has 0 spiro atoms. The number of hydrogen-bond acceptors (Lipinski definition) is 10. The number of thioether (sulfide) groups is 1. The Morgan fingerprint density at radius 2 is 1.69 bits per heavy atom. The molecular weight excluding hydrogens is 689 g/mol. The van der Waals surface area contributed by atoms with Crippen molar-refractivity contribution in [3.63, 3.8) is 0 Å². The number of β-lactam (4-membered cyclic amide) rings is 1. The molecule has 0 bridgehead atoms. The summed E-state index contributed by atoms with van der Waals surface area (Å²) in [5.41, 5.74) is 1.55. The van der Waals surface area contributed by atoms with Crippen LogP contribution in [0.4, 0.5) is 14.4 Å². The van der Waals surface area contributed by atoms with E-state index in [1.807, 2.05) is 60.7 Å². The lowest BCUT2D eigenvalue weighted by molar-refractivity contribution is -0.160. The Kier molecular flexibility index (Phi) is 10.9. The van der Waals surface area contributed by atoms with Gasteiger partial charge in [0.25, 0.3) is 5.91 Å². The number of alkyl carbamates (subject to hydrolysis) is 1. The fourth-order valence-corrected chi connectivity index (χ4v) is 7.71. The lowest BCUT2D eigenvalue weighted by Crippen LogP contribution is -2.73. The molecule has 1 N–H and O–H groups in total. The smallest absolute Gasteiger partial charge is 0.445 e. The molecule has 4 aliphatic heterocycles. The average Bonchev–Trinajstić information content (AvgIpc) is 3.75. The summed E-state index contributed by atoms with van der Waals surface area (Å²) < 4.78 is 22.4. The van der Waals surface area contributed by atoms with Crippen LogP contribution in [0.2, 0.25) is 0 Å². The quantitative estimate of drug-likeness (QED) is 0.115. The van der Waals surface area contributed by atoms with Gasteiger partial charge in [-0.15, -0.1) is 11.8 Å². The average molecular weight is 731 g/mol. The van der Waals surface area contributed by atoms with Crippen LogP contribution in [0.5, 0.6) is 0 Å². The zero-order valence-corrected chi connectivity index (χ0v) is 30.1. The van der Waals surface area contributed by atoms with E-state index in [1.54, 1.807) is 42.1 Å². The predicted octanol–water partition coefficient (Wildman–Crippen LogP) is 5.50. The zero-order chi connectivity index (χ0) is 37.0. The Bertz CT molecular complexity index is 1720. The highest BCUT2D eigenvalue weighted by Crippen LogP contribution is 2.42. The van der Waals surface area contributed by atoms with Gasteiger partial charge in [-0.1, -0.05) is 73.3 Å². The molecule has 13 nitrogen and oxygen atoms in total. The molecule has 14 heteroatoms. The van der Waals surface area contributed by atoms with Crippen LogP contribution in [0, 0.1) is 0 Å². The standard InChI is InChI=1S/C38H42N4O9S/c1-5-20-48-36(46)40-18-17-28(22-40)41-19-16-26(31(41)43)21-27-23-52-34-29(39-35(45)51-38(2,3)4)32(44)42(34)33(27)50-37(47)49-30(24-12-8-6-9-13-24)25-14-10-7-11-15-25/h5-15,21,23,28-30,33-34H,1,16-20,22H2,2-4H3,(H,39,45)/b26-21+/t28-,29-,33-,34-/m1/s1. The monoisotopic (exact) mass is 730 g/mol. The summed E-state index contributed by atoms with van der Waals surface area (Å²) in [4.78, 5) is 70.6. The fourth-order valence-electron chi connectivity index (χ4n) is 6.54. The number of rotatable bonds is 9. The van der Waals surface area contributed by atoms with Crippen LogP contribution in [0.15, 0.2) is 95.9 Å². The first kappa shape index (κ1) is 36.5. The highest BCUT2D eigenvalue weighted by Gasteiger charge is 2.56. The first-order chi connectivity index (χ1) is 24.9. The van der Waals surface area contributed by atoms with Crippen LogP contribution in [0.25, 0.3) is 0 Å². The number of ether oxygens (including phenoxy) is 4. The van der Waals surface area contributed by atoms with Crippen molar-refractivity contribution in [1.82, 2.24) is 20.0 Å². The van der Waals surface area contributed by atoms with Gasteiger partial charge in [-0.2, -0.15) is 0 Å². The lowest BCUT2D eigenvalue weighted by Gasteiger charge is -2.51. The summed E-state index contributed by atoms with van der Waals surface area (Å²) in [6.45, 7) is 10.1. The van der Waals surface area contributed by atoms with E-state index in [9.17, 15) is 24.0 Å². The highest BCUT2D eigenvalue weighted by molar-refractivity contribution is 8.03. The first-order valence-corrected chi connectivity index (χ1v) is 18.1. The molecule has 2 aromatic rings. The van der Waals surface area contributed by atoms with Gasteiger partial charge in [-0.25, -0.2) is 14.4 Å². The number of nitrogens with one attached hydrogen (secondary N) is 1. The number of hydrogen-bond donors (Lipinski definition) is 1. The molecule has 4 aliphatic rings. The Morgan fingerprint density at radius 1 is 1.02 bits per heavy atom. The van der Waals surface area contributed by atoms with Gasteiger partial charge in [-0.05, 0) is 56.2 Å². The Balaban J connectivity index is 1.22. The molecule has 0 aliphatic carbocycles. The number of carbonyl (C=O) groups is 5. The Hall–Kier alpha value is -5.24. The topological polar surface area (TPSA) is 144 Å². The molecule has 4 heterocycles. The second-order valence-electron chi connectivity index (χ2n) is 13.7. The third-order valence-electron chi connectivity index (χ3n) is 8.95. The maximum absolute atomic E-state index is 13.7. The number of benzene rings is 2. The molecule has 0 unspecified atom stereocenters. The largest absolute Gasteiger partial charge is 0.511 e. The Morgan fingerprint density at radius 3 is 2.33 bits per heavy atom. The van der Waals surface area contributed by atoms with E-state index in [2.05, 4.69) is 11.9 Å². The van der Waals surface area contributed by atoms with E-state index in [0.717, 1.165) is 11.1 Å². The molecular formula is C38H42N4O9S. The van der Waals surface area contributed by atoms with Crippen molar-refractivity contribution >= 4 is 41.9 Å². The molecule has 3 fully saturated rings. The van der Waals surface area contributed by atoms with Crippen LogP contribution in [-0.2, 0) is 28.5 Å². The van der Waals surface area contributed by atoms with Gasteiger partial charge in [-0.3, -0.25) is 14.5 Å². The minimum Gasteiger partial charge on any atom is -0.445 e. The van der Waals surface area contributed by atoms with Crippen molar-refractivity contribution in [1.29, 1.82) is 0 Å². The number of nitrogens with zero attached hydrogens (tertiary/aromatic N) is 3. The molecule has 0 aromatic heterocycles. The highest BCUT2D eigenvalue weighted by atomic mass is 32.2. The van der Waals surface area contributed by atoms with Gasteiger partial charge in [0.1, 0.15) is 23.6 Å². The zero-order valence-electron chi connectivity index (χ0n) is 29.3. The maximum Gasteiger partial charge on any atom is 0.511 e. The molecule has 6 rings (SSSR count). The molecule has 52 heavy (non-hydrogen) atoms. The Labute approximate surface area is 306 Å². The second kappa shape index (κ2) is 15.6. The summed E-state index contributed by atoms with van der Waals surface area (Å²) in [5.74, 6) is -0.685. The van der Waals surface area contributed by atoms with Crippen LogP contribution < -0.4 is 5.32 Å². The summed E-state index contributed by atoms with van der Waals surface area (Å²) in [6, 6.07) is 17.3. The summed E-state index contributed by atoms with van der Waals surface area (Å²) in [5, 5.41) is 3.76. The van der Waals surface area contributed by atoms with E-state index in [4.69, 9.17) is 18.9 Å². The van der Waals surface area contributed by atoms with Crippen LogP contribution in [0.3, 0.4) is 0 Å². The van der Waals surface area contributed by atoms with E-state index in [1.165, 1.54) is 22.7 Å². The molecule has 0 radical (unpaired) electrons. The fraction of sp³-hybridized carbons (Fsp3) is 0.395. The SMILES string of the molecule is C=CCOC(=O)N1CC[C@@H](N2CC/C(=C\C3=CS[C@@H]4[C@H](NC(=O)OC(C)(C)C)C(=O)N4[C@@H]3OC(=O)OC(c3ccccc3)c3ccccc3)C2=O)C1. The first-order valence-electron chi connectivity index (χ1n) is 17.1. The summed E-state index contributed by atoms with van der Waals surface area (Å²) >= 11 is 1.26. The minimum absolute atomic E-state index is 0.108. The third kappa shape index (κ3) is 8.12. The van der Waals surface area contributed by atoms with Crippen molar-refractivity contribution in [3.05, 3.63) is 107 Å². The molecule has 3 saturated heterocycles. The van der Waals surface area contributed by atoms with Crippen LogP contribution in [-0.4, -0.2) is 100 Å². The number of fused-ring (bicyclic) bond motifs is 1. The number of likely N-dealkylation sites (tertiary alicyclic amines) is 2. The molecule has 0 saturated carbocycles. The summed E-state index contributed by atoms with van der Waals surface area (Å²) in [6.07, 6.45) is -0.0806. The predicted molar refractivity (Wildman–Crippen MR) is 191 cm³/mol. The second-order valence-corrected chi connectivity index (χ2v) is 14.7. The number of carbonyl (C=O) groups excluding carboxylic acids is 5. The minimum atomic E-state index is -1.24. The number of amides is 4. The van der Waals surface area contributed by atoms with Gasteiger partial charge < -0.3 is 34.1 Å². The van der Waals surface area contributed by atoms with Crippen LogP contribution >= 0.6 is 11.8 Å². The van der Waals surface area contributed by atoms with Gasteiger partial charge in [0.05, 0.1) is 6.04 Å². The molecule has 2 aromatic carbocycles. The van der Waals surface area contributed by atoms with E-state index in [-0.39, 0.29) is 18.6 Å². The van der Waals surface area contributed by atoms with Gasteiger partial charge >= 0.3 is 18.3 Å². The van der Waals surface area contributed by atoms with Crippen LogP contribution in [0.1, 0.15) is 50.8 Å². The summed E-state index contributed by atoms with van der Waals surface area (Å²) in [7, 11) is 0. The molecule has 274 valence electrons. The van der Waals surface area contributed by atoms with Crippen molar-refractivity contribution < 1.29 is 42.9 Å². The van der Waals surface area contributed by atoms with Gasteiger partial charge in [0.15, 0.2) is 6.10 Å². The maximum atomic E-state index is 13.7. The van der Waals surface area contributed by atoms with Crippen molar-refractivity contribution in [2.45, 2.75) is 69.0 Å². The van der Waals surface area contributed by atoms with Gasteiger partial charge in [0, 0.05) is 30.8 Å². The van der Waals surface area contributed by atoms with Crippen molar-refractivity contribution in [2.75, 3.05) is 26.2 Å². The van der Waals surface area contributed by atoms with E-state index in [0.29, 0.717) is 43.6 Å². The van der Waals surface area contributed by atoms with Gasteiger partial charge in [0.2, 0.25) is 12.1 Å². The molecule has 4 atom stereocenters. The normalized spacial score (nSPS) is 23.5. The van der Waals surface area contributed by atoms with E-state index < -0.39 is 53.6 Å². The van der Waals surface area contributed by atoms with Crippen molar-refractivity contribution in [3.8, 4) is 0 Å². The van der Waals surface area contributed by atoms with Crippen molar-refractivity contribution in [2.24, 2.45) is 0 Å². The molecule has 4 amide bonds. The lowest BCUT2D eigenvalue weighted by atomic mass is 10.0. The third-order valence-corrected chi connectivity index (χ3v) is 10.1.